The summed E-state index contributed by atoms with van der Waals surface area (Å²) in [5.74, 6) is 0.283. The van der Waals surface area contributed by atoms with E-state index < -0.39 is 0 Å². The van der Waals surface area contributed by atoms with Crippen LogP contribution < -0.4 is 10.6 Å². The number of anilines is 1. The predicted molar refractivity (Wildman–Crippen MR) is 85.2 cm³/mol. The molecule has 116 valence electrons. The first kappa shape index (κ1) is 15.9. The topological polar surface area (TPSA) is 54.0 Å². The molecule has 0 saturated carbocycles. The minimum atomic E-state index is -0.287. The largest absolute Gasteiger partial charge is 0.370 e. The Balaban J connectivity index is 1.85. The van der Waals surface area contributed by atoms with Crippen LogP contribution >= 0.6 is 0 Å². The Kier molecular flexibility index (Phi) is 5.89. The lowest BCUT2D eigenvalue weighted by Gasteiger charge is -2.07. The highest BCUT2D eigenvalue weighted by Crippen LogP contribution is 2.07. The van der Waals surface area contributed by atoms with Crippen molar-refractivity contribution in [2.24, 2.45) is 0 Å². The number of hydrogen-bond donors (Lipinski definition) is 2. The predicted octanol–water partition coefficient (Wildman–Crippen LogP) is 3.36. The lowest BCUT2D eigenvalue weighted by atomic mass is 10.2. The first-order valence-electron chi connectivity index (χ1n) is 7.41. The van der Waals surface area contributed by atoms with Crippen molar-refractivity contribution in [2.45, 2.75) is 26.3 Å². The number of rotatable bonds is 7. The fraction of sp³-hybridized carbons (Fsp3) is 0.294. The number of halogens is 1. The van der Waals surface area contributed by atoms with Crippen LogP contribution in [0.3, 0.4) is 0 Å². The van der Waals surface area contributed by atoms with Crippen molar-refractivity contribution >= 4 is 11.7 Å². The SMILES string of the molecule is CCCCNc1ccc(C(=O)NCc2ccc(F)cc2)cn1. The second-order valence-corrected chi connectivity index (χ2v) is 5.02. The molecule has 0 fully saturated rings. The highest BCUT2D eigenvalue weighted by atomic mass is 19.1. The van der Waals surface area contributed by atoms with E-state index in [1.807, 2.05) is 0 Å². The van der Waals surface area contributed by atoms with Crippen LogP contribution in [0.4, 0.5) is 10.2 Å². The summed E-state index contributed by atoms with van der Waals surface area (Å²) in [4.78, 5) is 16.2. The van der Waals surface area contributed by atoms with E-state index in [2.05, 4.69) is 22.5 Å². The van der Waals surface area contributed by atoms with E-state index in [1.54, 1.807) is 30.5 Å². The molecule has 1 aromatic heterocycles. The molecule has 0 aliphatic rings. The van der Waals surface area contributed by atoms with E-state index in [0.29, 0.717) is 12.1 Å². The summed E-state index contributed by atoms with van der Waals surface area (Å²) in [6, 6.07) is 9.58. The van der Waals surface area contributed by atoms with Crippen LogP contribution in [-0.4, -0.2) is 17.4 Å². The first-order valence-corrected chi connectivity index (χ1v) is 7.41. The van der Waals surface area contributed by atoms with Gasteiger partial charge in [-0.1, -0.05) is 25.5 Å². The third-order valence-corrected chi connectivity index (χ3v) is 3.23. The Hall–Kier alpha value is -2.43. The zero-order chi connectivity index (χ0) is 15.8. The molecule has 2 rings (SSSR count). The molecule has 22 heavy (non-hydrogen) atoms. The Labute approximate surface area is 129 Å². The van der Waals surface area contributed by atoms with E-state index in [4.69, 9.17) is 0 Å². The number of amides is 1. The van der Waals surface area contributed by atoms with Gasteiger partial charge in [0.05, 0.1) is 5.56 Å². The fourth-order valence-electron chi connectivity index (χ4n) is 1.91. The minimum absolute atomic E-state index is 0.197. The van der Waals surface area contributed by atoms with Gasteiger partial charge in [0, 0.05) is 19.3 Å². The summed E-state index contributed by atoms with van der Waals surface area (Å²) < 4.78 is 12.8. The monoisotopic (exact) mass is 301 g/mol. The molecule has 1 amide bonds. The highest BCUT2D eigenvalue weighted by Gasteiger charge is 2.06. The number of pyridine rings is 1. The van der Waals surface area contributed by atoms with Crippen LogP contribution in [0, 0.1) is 5.82 Å². The van der Waals surface area contributed by atoms with Gasteiger partial charge in [-0.05, 0) is 36.2 Å². The van der Waals surface area contributed by atoms with Gasteiger partial charge in [-0.2, -0.15) is 0 Å². The molecule has 0 bridgehead atoms. The van der Waals surface area contributed by atoms with Gasteiger partial charge in [0.15, 0.2) is 0 Å². The molecular weight excluding hydrogens is 281 g/mol. The Morgan fingerprint density at radius 3 is 2.59 bits per heavy atom. The van der Waals surface area contributed by atoms with E-state index in [1.165, 1.54) is 12.1 Å². The molecule has 4 nitrogen and oxygen atoms in total. The molecule has 0 unspecified atom stereocenters. The molecule has 0 spiro atoms. The van der Waals surface area contributed by atoms with Crippen molar-refractivity contribution in [3.05, 3.63) is 59.5 Å². The molecule has 0 saturated heterocycles. The summed E-state index contributed by atoms with van der Waals surface area (Å²) >= 11 is 0. The quantitative estimate of drug-likeness (QED) is 0.771. The molecule has 1 heterocycles. The number of carbonyl (C=O) groups excluding carboxylic acids is 1. The normalized spacial score (nSPS) is 10.3. The molecule has 0 aliphatic heterocycles. The standard InChI is InChI=1S/C17H20FN3O/c1-2-3-10-19-16-9-6-14(12-20-16)17(22)21-11-13-4-7-15(18)8-5-13/h4-9,12H,2-3,10-11H2,1H3,(H,19,20)(H,21,22). The number of nitrogens with zero attached hydrogens (tertiary/aromatic N) is 1. The van der Waals surface area contributed by atoms with E-state index in [0.717, 1.165) is 30.8 Å². The number of nitrogens with one attached hydrogen (secondary N) is 2. The molecule has 0 aliphatic carbocycles. The molecule has 2 N–H and O–H groups in total. The van der Waals surface area contributed by atoms with E-state index in [-0.39, 0.29) is 11.7 Å². The van der Waals surface area contributed by atoms with Crippen molar-refractivity contribution in [1.82, 2.24) is 10.3 Å². The number of benzene rings is 1. The number of carbonyl (C=O) groups is 1. The van der Waals surface area contributed by atoms with Crippen molar-refractivity contribution < 1.29 is 9.18 Å². The maximum atomic E-state index is 12.8. The Morgan fingerprint density at radius 1 is 1.18 bits per heavy atom. The zero-order valence-corrected chi connectivity index (χ0v) is 12.6. The summed E-state index contributed by atoms with van der Waals surface area (Å²) in [5.41, 5.74) is 1.35. The molecule has 5 heteroatoms. The molecular formula is C17H20FN3O. The van der Waals surface area contributed by atoms with Gasteiger partial charge >= 0.3 is 0 Å². The third-order valence-electron chi connectivity index (χ3n) is 3.23. The van der Waals surface area contributed by atoms with Crippen LogP contribution in [0.1, 0.15) is 35.7 Å². The van der Waals surface area contributed by atoms with Crippen LogP contribution in [-0.2, 0) is 6.54 Å². The van der Waals surface area contributed by atoms with Crippen LogP contribution in [0.25, 0.3) is 0 Å². The maximum Gasteiger partial charge on any atom is 0.253 e. The fourth-order valence-corrected chi connectivity index (χ4v) is 1.91. The van der Waals surface area contributed by atoms with Crippen LogP contribution in [0.15, 0.2) is 42.6 Å². The first-order chi connectivity index (χ1) is 10.7. The smallest absolute Gasteiger partial charge is 0.253 e. The van der Waals surface area contributed by atoms with Gasteiger partial charge in [-0.25, -0.2) is 9.37 Å². The van der Waals surface area contributed by atoms with Crippen LogP contribution in [0.5, 0.6) is 0 Å². The Morgan fingerprint density at radius 2 is 1.95 bits per heavy atom. The number of aromatic nitrogens is 1. The molecule has 0 atom stereocenters. The lowest BCUT2D eigenvalue weighted by molar-refractivity contribution is 0.0950. The van der Waals surface area contributed by atoms with Crippen molar-refractivity contribution in [3.8, 4) is 0 Å². The average molecular weight is 301 g/mol. The van der Waals surface area contributed by atoms with Crippen molar-refractivity contribution in [3.63, 3.8) is 0 Å². The van der Waals surface area contributed by atoms with E-state index >= 15 is 0 Å². The van der Waals surface area contributed by atoms with Crippen LogP contribution in [0.2, 0.25) is 0 Å². The summed E-state index contributed by atoms with van der Waals surface area (Å²) in [5, 5.41) is 5.98. The lowest BCUT2D eigenvalue weighted by Crippen LogP contribution is -2.23. The second-order valence-electron chi connectivity index (χ2n) is 5.02. The van der Waals surface area contributed by atoms with Crippen molar-refractivity contribution in [1.29, 1.82) is 0 Å². The average Bonchev–Trinajstić information content (AvgIpc) is 2.55. The van der Waals surface area contributed by atoms with Gasteiger partial charge < -0.3 is 10.6 Å². The maximum absolute atomic E-state index is 12.8. The minimum Gasteiger partial charge on any atom is -0.370 e. The third kappa shape index (κ3) is 4.84. The Bertz CT molecular complexity index is 596. The van der Waals surface area contributed by atoms with Gasteiger partial charge in [0.2, 0.25) is 0 Å². The van der Waals surface area contributed by atoms with Gasteiger partial charge in [-0.3, -0.25) is 4.79 Å². The second kappa shape index (κ2) is 8.12. The molecule has 0 radical (unpaired) electrons. The number of hydrogen-bond acceptors (Lipinski definition) is 3. The van der Waals surface area contributed by atoms with E-state index in [9.17, 15) is 9.18 Å². The highest BCUT2D eigenvalue weighted by molar-refractivity contribution is 5.93. The summed E-state index contributed by atoms with van der Waals surface area (Å²) in [6.07, 6.45) is 3.76. The molecule has 2 aromatic rings. The number of unbranched alkanes of at least 4 members (excludes halogenated alkanes) is 1. The summed E-state index contributed by atoms with van der Waals surface area (Å²) in [7, 11) is 0. The van der Waals surface area contributed by atoms with Gasteiger partial charge in [0.25, 0.3) is 5.91 Å². The van der Waals surface area contributed by atoms with Crippen molar-refractivity contribution in [2.75, 3.05) is 11.9 Å². The van der Waals surface area contributed by atoms with Gasteiger partial charge in [-0.15, -0.1) is 0 Å². The summed E-state index contributed by atoms with van der Waals surface area (Å²) in [6.45, 7) is 3.36. The zero-order valence-electron chi connectivity index (χ0n) is 12.6. The van der Waals surface area contributed by atoms with Gasteiger partial charge in [0.1, 0.15) is 11.6 Å². The molecule has 1 aromatic carbocycles.